The van der Waals surface area contributed by atoms with Crippen LogP contribution in [0.15, 0.2) is 28.9 Å². The summed E-state index contributed by atoms with van der Waals surface area (Å²) >= 11 is 9.77. The quantitative estimate of drug-likeness (QED) is 0.441. The Morgan fingerprint density at radius 3 is 2.75 bits per heavy atom. The molecule has 1 saturated carbocycles. The van der Waals surface area contributed by atoms with Gasteiger partial charge in [-0.05, 0) is 91.5 Å². The fraction of sp³-hybridized carbons (Fsp3) is 0.577. The molecule has 2 unspecified atom stereocenters. The van der Waals surface area contributed by atoms with Crippen LogP contribution in [0, 0.1) is 23.1 Å². The monoisotopic (exact) mass is 579 g/mol. The number of carboxylic acids is 1. The Hall–Kier alpha value is -1.97. The molecule has 10 heteroatoms. The van der Waals surface area contributed by atoms with Crippen molar-refractivity contribution in [1.82, 2.24) is 14.9 Å². The zero-order chi connectivity index (χ0) is 25.6. The lowest BCUT2D eigenvalue weighted by atomic mass is 9.65. The number of benzene rings is 1. The van der Waals surface area contributed by atoms with Crippen molar-refractivity contribution in [3.63, 3.8) is 0 Å². The highest BCUT2D eigenvalue weighted by Crippen LogP contribution is 2.45. The molecule has 0 spiro atoms. The van der Waals surface area contributed by atoms with Gasteiger partial charge in [0.05, 0.1) is 15.9 Å². The van der Waals surface area contributed by atoms with E-state index in [4.69, 9.17) is 16.6 Å². The molecule has 1 aromatic carbocycles. The summed E-state index contributed by atoms with van der Waals surface area (Å²) < 4.78 is 14.2. The Balaban J connectivity index is 1.17. The number of carbonyl (C=O) groups is 1. The number of hydrogen-bond donors (Lipinski definition) is 2. The third-order valence-electron chi connectivity index (χ3n) is 8.27. The van der Waals surface area contributed by atoms with Crippen LogP contribution in [0.2, 0.25) is 5.02 Å². The SMILES string of the molecule is CC(Nc1nc(N2CC(C3CCCN(C4CC(C)(C(=O)O)C4)C3)C2)ncc1Br)c1ccc(F)cc1Cl. The van der Waals surface area contributed by atoms with Crippen molar-refractivity contribution < 1.29 is 14.3 Å². The second-order valence-electron chi connectivity index (χ2n) is 10.9. The number of aromatic nitrogens is 2. The minimum Gasteiger partial charge on any atom is -0.481 e. The standard InChI is InChI=1S/C26H32BrClFN5O2/c1-15(20-6-5-18(29)8-22(20)28)31-23-21(27)11-30-25(32-23)34-13-17(14-34)16-4-3-7-33(12-16)19-9-26(2,10-19)24(35)36/h5-6,8,11,15-17,19H,3-4,7,9-10,12-14H2,1-2H3,(H,35,36)(H,30,31,32). The van der Waals surface area contributed by atoms with Crippen LogP contribution in [0.3, 0.4) is 0 Å². The number of nitrogens with zero attached hydrogens (tertiary/aromatic N) is 4. The van der Waals surface area contributed by atoms with Crippen LogP contribution in [-0.4, -0.2) is 58.2 Å². The van der Waals surface area contributed by atoms with E-state index >= 15 is 0 Å². The molecule has 1 aliphatic carbocycles. The predicted octanol–water partition coefficient (Wildman–Crippen LogP) is 5.61. The zero-order valence-corrected chi connectivity index (χ0v) is 22.9. The maximum Gasteiger partial charge on any atom is 0.309 e. The second kappa shape index (κ2) is 10.1. The van der Waals surface area contributed by atoms with Crippen LogP contribution in [0.1, 0.15) is 51.1 Å². The van der Waals surface area contributed by atoms with Crippen LogP contribution < -0.4 is 10.2 Å². The highest BCUT2D eigenvalue weighted by atomic mass is 79.9. The fourth-order valence-electron chi connectivity index (χ4n) is 5.89. The molecule has 36 heavy (non-hydrogen) atoms. The van der Waals surface area contributed by atoms with Gasteiger partial charge in [-0.15, -0.1) is 0 Å². The number of likely N-dealkylation sites (tertiary alicyclic amines) is 1. The zero-order valence-electron chi connectivity index (χ0n) is 20.6. The van der Waals surface area contributed by atoms with Gasteiger partial charge in [0, 0.05) is 36.9 Å². The topological polar surface area (TPSA) is 81.6 Å². The highest BCUT2D eigenvalue weighted by Gasteiger charge is 2.49. The molecule has 2 aliphatic heterocycles. The number of piperidine rings is 1. The average Bonchev–Trinajstić information content (AvgIpc) is 2.78. The van der Waals surface area contributed by atoms with Gasteiger partial charge in [0.15, 0.2) is 0 Å². The van der Waals surface area contributed by atoms with Crippen molar-refractivity contribution >= 4 is 45.3 Å². The van der Waals surface area contributed by atoms with Gasteiger partial charge in [0.25, 0.3) is 0 Å². The van der Waals surface area contributed by atoms with E-state index in [0.717, 1.165) is 49.1 Å². The molecule has 2 aromatic rings. The molecule has 2 N–H and O–H groups in total. The van der Waals surface area contributed by atoms with Gasteiger partial charge in [-0.2, -0.15) is 4.98 Å². The maximum atomic E-state index is 13.4. The molecule has 0 radical (unpaired) electrons. The van der Waals surface area contributed by atoms with E-state index in [1.165, 1.54) is 25.0 Å². The van der Waals surface area contributed by atoms with Crippen molar-refractivity contribution in [2.45, 2.75) is 51.6 Å². The van der Waals surface area contributed by atoms with Crippen molar-refractivity contribution in [2.24, 2.45) is 17.3 Å². The number of halogens is 3. The Labute approximate surface area is 224 Å². The largest absolute Gasteiger partial charge is 0.481 e. The number of aliphatic carboxylic acids is 1. The number of rotatable bonds is 7. The van der Waals surface area contributed by atoms with Crippen LogP contribution in [-0.2, 0) is 4.79 Å². The van der Waals surface area contributed by atoms with Crippen LogP contribution in [0.25, 0.3) is 0 Å². The van der Waals surface area contributed by atoms with Crippen molar-refractivity contribution in [1.29, 1.82) is 0 Å². The van der Waals surface area contributed by atoms with Crippen molar-refractivity contribution in [3.05, 3.63) is 45.3 Å². The first-order valence-corrected chi connectivity index (χ1v) is 13.8. The van der Waals surface area contributed by atoms with E-state index in [1.54, 1.807) is 12.3 Å². The summed E-state index contributed by atoms with van der Waals surface area (Å²) in [6, 6.07) is 4.65. The Bertz CT molecular complexity index is 1140. The van der Waals surface area contributed by atoms with E-state index in [-0.39, 0.29) is 11.9 Å². The van der Waals surface area contributed by atoms with E-state index in [1.807, 2.05) is 13.8 Å². The Kier molecular flexibility index (Phi) is 7.18. The molecule has 0 bridgehead atoms. The number of anilines is 2. The Morgan fingerprint density at radius 2 is 2.06 bits per heavy atom. The van der Waals surface area contributed by atoms with Gasteiger partial charge in [0.2, 0.25) is 5.95 Å². The fourth-order valence-corrected chi connectivity index (χ4v) is 6.53. The van der Waals surface area contributed by atoms with Crippen LogP contribution in [0.5, 0.6) is 0 Å². The number of nitrogens with one attached hydrogen (secondary N) is 1. The minimum atomic E-state index is -0.666. The molecule has 194 valence electrons. The van der Waals surface area contributed by atoms with Gasteiger partial charge >= 0.3 is 5.97 Å². The lowest BCUT2D eigenvalue weighted by molar-refractivity contribution is -0.158. The molecule has 2 atom stereocenters. The molecule has 0 amide bonds. The minimum absolute atomic E-state index is 0.163. The molecule has 7 nitrogen and oxygen atoms in total. The second-order valence-corrected chi connectivity index (χ2v) is 12.2. The lowest BCUT2D eigenvalue weighted by Crippen LogP contribution is -2.58. The first kappa shape index (κ1) is 25.7. The van der Waals surface area contributed by atoms with E-state index in [9.17, 15) is 14.3 Å². The third kappa shape index (κ3) is 5.07. The number of hydrogen-bond acceptors (Lipinski definition) is 6. The summed E-state index contributed by atoms with van der Waals surface area (Å²) in [5.41, 5.74) is 0.251. The van der Waals surface area contributed by atoms with Gasteiger partial charge in [0.1, 0.15) is 11.6 Å². The van der Waals surface area contributed by atoms with Gasteiger partial charge < -0.3 is 20.2 Å². The molecule has 3 fully saturated rings. The van der Waals surface area contributed by atoms with Gasteiger partial charge in [-0.1, -0.05) is 17.7 Å². The van der Waals surface area contributed by atoms with E-state index in [2.05, 4.69) is 36.0 Å². The van der Waals surface area contributed by atoms with E-state index < -0.39 is 11.4 Å². The smallest absolute Gasteiger partial charge is 0.309 e. The predicted molar refractivity (Wildman–Crippen MR) is 142 cm³/mol. The highest BCUT2D eigenvalue weighted by molar-refractivity contribution is 9.10. The molecule has 3 aliphatic rings. The summed E-state index contributed by atoms with van der Waals surface area (Å²) in [7, 11) is 0. The maximum absolute atomic E-state index is 13.4. The summed E-state index contributed by atoms with van der Waals surface area (Å²) in [6.07, 6.45) is 5.68. The number of carboxylic acid groups (broad SMARTS) is 1. The van der Waals surface area contributed by atoms with Crippen LogP contribution in [0.4, 0.5) is 16.2 Å². The lowest BCUT2D eigenvalue weighted by Gasteiger charge is -2.52. The normalized spacial score (nSPS) is 27.8. The summed E-state index contributed by atoms with van der Waals surface area (Å²) in [6.45, 7) is 7.82. The first-order valence-electron chi connectivity index (χ1n) is 12.6. The third-order valence-corrected chi connectivity index (χ3v) is 9.17. The van der Waals surface area contributed by atoms with Gasteiger partial charge in [-0.3, -0.25) is 4.79 Å². The van der Waals surface area contributed by atoms with Crippen molar-refractivity contribution in [2.75, 3.05) is 36.4 Å². The van der Waals surface area contributed by atoms with E-state index in [0.29, 0.717) is 34.7 Å². The molecule has 5 rings (SSSR count). The summed E-state index contributed by atoms with van der Waals surface area (Å²) in [5.74, 6) is 1.56. The molecule has 3 heterocycles. The van der Waals surface area contributed by atoms with Crippen molar-refractivity contribution in [3.8, 4) is 0 Å². The molecular formula is C26H32BrClFN5O2. The summed E-state index contributed by atoms with van der Waals surface area (Å²) in [5, 5.41) is 13.2. The first-order chi connectivity index (χ1) is 17.1. The van der Waals surface area contributed by atoms with Crippen LogP contribution >= 0.6 is 27.5 Å². The Morgan fingerprint density at radius 1 is 1.31 bits per heavy atom. The van der Waals surface area contributed by atoms with Gasteiger partial charge in [-0.25, -0.2) is 9.37 Å². The molecular weight excluding hydrogens is 549 g/mol. The summed E-state index contributed by atoms with van der Waals surface area (Å²) in [4.78, 5) is 25.5. The average molecular weight is 581 g/mol. The molecule has 1 aromatic heterocycles. The molecule has 2 saturated heterocycles.